The first-order chi connectivity index (χ1) is 32.3. The molecule has 2 aromatic carbocycles. The number of thiophene rings is 1. The van der Waals surface area contributed by atoms with E-state index in [4.69, 9.17) is 27.9 Å². The number of nitrogens with zero attached hydrogens (tertiary/aromatic N) is 4. The molecule has 6 heterocycles. The number of carbonyl (C=O) groups excluding carboxylic acids is 6. The van der Waals surface area contributed by atoms with Crippen LogP contribution in [0.1, 0.15) is 99.5 Å². The molecule has 0 bridgehead atoms. The Balaban J connectivity index is 0.000000526. The number of hydrogen-bond donors (Lipinski definition) is 3. The van der Waals surface area contributed by atoms with Crippen LogP contribution in [0.15, 0.2) is 54.9 Å². The normalized spacial score (nSPS) is 15.7. The average molecular weight is 973 g/mol. The highest BCUT2D eigenvalue weighted by Gasteiger charge is 2.31. The predicted octanol–water partition coefficient (Wildman–Crippen LogP) is 9.30. The summed E-state index contributed by atoms with van der Waals surface area (Å²) in [6, 6.07) is 13.2. The largest absolute Gasteiger partial charge is 0.489 e. The summed E-state index contributed by atoms with van der Waals surface area (Å²) in [7, 11) is 0. The van der Waals surface area contributed by atoms with Crippen molar-refractivity contribution in [1.29, 1.82) is 0 Å². The Bertz CT molecular complexity index is 2570. The van der Waals surface area contributed by atoms with E-state index in [0.717, 1.165) is 130 Å². The number of fused-ring (bicyclic) bond motifs is 2. The molecule has 3 aromatic heterocycles. The molecular formula is C50H59Cl2N7O7S. The number of urea groups is 1. The standard InChI is InChI=1S/C41H51ClN6O7S.C9H8ClN/c1-27-21-28(42)22-33(32-13-17-43-34-23-31(56-40(32)34)26-47-36(51)11-12-37(47)52)39(27)55-30-14-19-46(20-15-30)18-8-16-44-35(50)10-7-5-3-2-4-6-9-29(49)25-48-38(53)24-45-41(48)54;1-6-5-11-9-7(6)3-2-4-8(9)10/h13,17,21-23,30H,2-12,14-16,18-20,24-26H2,1H3,(H,44,50)(H,45,54);2-5,11H,1H3. The van der Waals surface area contributed by atoms with Crippen molar-refractivity contribution in [2.45, 2.75) is 110 Å². The fourth-order valence-electron chi connectivity index (χ4n) is 8.80. The Labute approximate surface area is 405 Å². The average Bonchev–Trinajstić information content (AvgIpc) is 4.08. The highest BCUT2D eigenvalue weighted by atomic mass is 35.5. The number of carbonyl (C=O) groups is 6. The zero-order valence-corrected chi connectivity index (χ0v) is 40.6. The number of unbranched alkanes of at least 4 members (excludes halogenated alkanes) is 5. The molecule has 3 aliphatic rings. The zero-order valence-electron chi connectivity index (χ0n) is 38.2. The topological polar surface area (TPSA) is 174 Å². The Hall–Kier alpha value is -5.35. The first kappa shape index (κ1) is 49.6. The van der Waals surface area contributed by atoms with Gasteiger partial charge in [0.1, 0.15) is 11.9 Å². The molecule has 5 aromatic rings. The maximum absolute atomic E-state index is 12.4. The molecule has 356 valence electrons. The monoisotopic (exact) mass is 971 g/mol. The number of aromatic nitrogens is 2. The summed E-state index contributed by atoms with van der Waals surface area (Å²) in [5.41, 5.74) is 5.89. The Morgan fingerprint density at radius 2 is 1.58 bits per heavy atom. The fourth-order valence-corrected chi connectivity index (χ4v) is 10.4. The van der Waals surface area contributed by atoms with Crippen LogP contribution in [0, 0.1) is 13.8 Å². The van der Waals surface area contributed by atoms with Crippen molar-refractivity contribution in [1.82, 2.24) is 35.3 Å². The lowest BCUT2D eigenvalue weighted by molar-refractivity contribution is -0.139. The third-order valence-electron chi connectivity index (χ3n) is 12.5. The maximum Gasteiger partial charge on any atom is 0.324 e. The fraction of sp³-hybridized carbons (Fsp3) is 0.460. The summed E-state index contributed by atoms with van der Waals surface area (Å²) in [5, 5.41) is 8.09. The highest BCUT2D eigenvalue weighted by Crippen LogP contribution is 2.42. The number of likely N-dealkylation sites (tertiary alicyclic amines) is 2. The number of para-hydroxylation sites is 1. The van der Waals surface area contributed by atoms with Crippen LogP contribution in [0.25, 0.3) is 32.2 Å². The van der Waals surface area contributed by atoms with Gasteiger partial charge in [0.2, 0.25) is 23.6 Å². The van der Waals surface area contributed by atoms with Gasteiger partial charge in [-0.2, -0.15) is 0 Å². The number of Topliss-reactive ketones (excluding diaryl/α,β-unsaturated/α-hetero) is 1. The molecule has 3 saturated heterocycles. The number of halogens is 2. The van der Waals surface area contributed by atoms with Gasteiger partial charge in [-0.25, -0.2) is 4.79 Å². The van der Waals surface area contributed by atoms with Crippen LogP contribution in [0.5, 0.6) is 5.75 Å². The minimum absolute atomic E-state index is 0.0372. The summed E-state index contributed by atoms with van der Waals surface area (Å²) < 4.78 is 7.70. The molecule has 6 amide bonds. The van der Waals surface area contributed by atoms with E-state index >= 15 is 0 Å². The zero-order chi connectivity index (χ0) is 47.5. The number of piperidine rings is 1. The van der Waals surface area contributed by atoms with Crippen LogP contribution in [0.3, 0.4) is 0 Å². The Morgan fingerprint density at radius 3 is 2.30 bits per heavy atom. The molecule has 17 heteroatoms. The van der Waals surface area contributed by atoms with Gasteiger partial charge in [-0.15, -0.1) is 11.3 Å². The van der Waals surface area contributed by atoms with Crippen molar-refractivity contribution < 1.29 is 33.5 Å². The number of hydrogen-bond acceptors (Lipinski definition) is 10. The summed E-state index contributed by atoms with van der Waals surface area (Å²) >= 11 is 14.1. The number of aromatic amines is 1. The Morgan fingerprint density at radius 1 is 0.851 bits per heavy atom. The number of aryl methyl sites for hydroxylation is 2. The molecule has 0 atom stereocenters. The first-order valence-electron chi connectivity index (χ1n) is 23.3. The van der Waals surface area contributed by atoms with E-state index in [-0.39, 0.29) is 68.0 Å². The second kappa shape index (κ2) is 23.6. The number of nitrogens with one attached hydrogen (secondary N) is 3. The SMILES string of the molecule is Cc1c[nH]c2c(Cl)cccc12.Cc1cc(Cl)cc(-c2ccnc3cc(CN4C(=O)CCC4=O)sc23)c1OC1CCN(CCCNC(=O)CCCCCCCCC(=O)CN2C(=O)CNC2=O)CC1. The van der Waals surface area contributed by atoms with Gasteiger partial charge in [0.15, 0.2) is 5.78 Å². The second-order valence-corrected chi connectivity index (χ2v) is 19.5. The molecule has 0 radical (unpaired) electrons. The number of ketones is 1. The van der Waals surface area contributed by atoms with Gasteiger partial charge in [0.05, 0.1) is 40.4 Å². The number of H-pyrrole nitrogens is 1. The van der Waals surface area contributed by atoms with Crippen LogP contribution < -0.4 is 15.4 Å². The molecule has 14 nitrogen and oxygen atoms in total. The van der Waals surface area contributed by atoms with Crippen molar-refractivity contribution in [3.05, 3.63) is 80.9 Å². The van der Waals surface area contributed by atoms with Crippen LogP contribution >= 0.6 is 34.5 Å². The number of ether oxygens (including phenoxy) is 1. The van der Waals surface area contributed by atoms with Crippen molar-refractivity contribution >= 4 is 91.1 Å². The van der Waals surface area contributed by atoms with Crippen molar-refractivity contribution in [3.63, 3.8) is 0 Å². The third-order valence-corrected chi connectivity index (χ3v) is 14.2. The highest BCUT2D eigenvalue weighted by molar-refractivity contribution is 7.19. The van der Waals surface area contributed by atoms with Crippen LogP contribution in [0.4, 0.5) is 4.79 Å². The van der Waals surface area contributed by atoms with Crippen LogP contribution in [0.2, 0.25) is 10.0 Å². The van der Waals surface area contributed by atoms with Crippen molar-refractivity contribution in [3.8, 4) is 16.9 Å². The molecule has 8 rings (SSSR count). The van der Waals surface area contributed by atoms with Gasteiger partial charge < -0.3 is 25.3 Å². The quantitative estimate of drug-likeness (QED) is 0.0390. The molecule has 0 aliphatic carbocycles. The van der Waals surface area contributed by atoms with Gasteiger partial charge in [-0.05, 0) is 94.0 Å². The van der Waals surface area contributed by atoms with E-state index < -0.39 is 6.03 Å². The molecule has 3 aliphatic heterocycles. The van der Waals surface area contributed by atoms with Gasteiger partial charge in [0.25, 0.3) is 0 Å². The van der Waals surface area contributed by atoms with Gasteiger partial charge >= 0.3 is 6.03 Å². The molecular weight excluding hydrogens is 914 g/mol. The van der Waals surface area contributed by atoms with E-state index in [1.54, 1.807) is 6.20 Å². The molecule has 3 N–H and O–H groups in total. The maximum atomic E-state index is 12.4. The number of benzene rings is 2. The van der Waals surface area contributed by atoms with Gasteiger partial charge in [-0.1, -0.05) is 61.0 Å². The lowest BCUT2D eigenvalue weighted by Gasteiger charge is -2.33. The van der Waals surface area contributed by atoms with Gasteiger partial charge in [0, 0.05) is 84.1 Å². The van der Waals surface area contributed by atoms with Gasteiger partial charge in [-0.3, -0.25) is 38.8 Å². The molecule has 0 spiro atoms. The van der Waals surface area contributed by atoms with E-state index in [2.05, 4.69) is 38.5 Å². The molecule has 3 fully saturated rings. The van der Waals surface area contributed by atoms with Crippen LogP contribution in [-0.4, -0.2) is 105 Å². The number of imide groups is 2. The third kappa shape index (κ3) is 13.2. The number of rotatable bonds is 20. The minimum Gasteiger partial charge on any atom is -0.489 e. The predicted molar refractivity (Wildman–Crippen MR) is 262 cm³/mol. The molecule has 0 unspecified atom stereocenters. The van der Waals surface area contributed by atoms with E-state index in [9.17, 15) is 28.8 Å². The smallest absolute Gasteiger partial charge is 0.324 e. The van der Waals surface area contributed by atoms with E-state index in [1.165, 1.54) is 27.2 Å². The van der Waals surface area contributed by atoms with Crippen molar-refractivity contribution in [2.75, 3.05) is 39.3 Å². The van der Waals surface area contributed by atoms with Crippen LogP contribution in [-0.2, 0) is 30.5 Å². The van der Waals surface area contributed by atoms with Crippen molar-refractivity contribution in [2.24, 2.45) is 0 Å². The molecule has 0 saturated carbocycles. The van der Waals surface area contributed by atoms with E-state index in [0.29, 0.717) is 24.4 Å². The molecule has 67 heavy (non-hydrogen) atoms. The lowest BCUT2D eigenvalue weighted by Crippen LogP contribution is -2.39. The Kier molecular flexibility index (Phi) is 17.4. The summed E-state index contributed by atoms with van der Waals surface area (Å²) in [6.45, 7) is 7.53. The minimum atomic E-state index is -0.495. The number of pyridine rings is 1. The van der Waals surface area contributed by atoms with E-state index in [1.807, 2.05) is 49.5 Å². The lowest BCUT2D eigenvalue weighted by atomic mass is 10.0. The number of amides is 6. The summed E-state index contributed by atoms with van der Waals surface area (Å²) in [4.78, 5) is 85.5. The summed E-state index contributed by atoms with van der Waals surface area (Å²) in [5.74, 6) is 0.165. The first-order valence-corrected chi connectivity index (χ1v) is 24.9. The second-order valence-electron chi connectivity index (χ2n) is 17.6. The summed E-state index contributed by atoms with van der Waals surface area (Å²) in [6.07, 6.45) is 13.3.